The molecule has 1 fully saturated rings. The van der Waals surface area contributed by atoms with Gasteiger partial charge in [0.05, 0.1) is 0 Å². The van der Waals surface area contributed by atoms with E-state index in [0.29, 0.717) is 13.1 Å². The van der Waals surface area contributed by atoms with Gasteiger partial charge in [0.1, 0.15) is 0 Å². The zero-order valence-electron chi connectivity index (χ0n) is 15.9. The molecule has 5 nitrogen and oxygen atoms in total. The van der Waals surface area contributed by atoms with Crippen LogP contribution in [0.4, 0.5) is 0 Å². The Labute approximate surface area is 157 Å². The molecule has 0 radical (unpaired) electrons. The number of nitrogens with zero attached hydrogens (tertiary/aromatic N) is 3. The molecule has 0 aromatic carbocycles. The van der Waals surface area contributed by atoms with Crippen molar-refractivity contribution in [1.82, 2.24) is 13.5 Å². The van der Waals surface area contributed by atoms with Crippen molar-refractivity contribution in [3.63, 3.8) is 0 Å². The van der Waals surface area contributed by atoms with E-state index in [4.69, 9.17) is 0 Å². The van der Waals surface area contributed by atoms with Gasteiger partial charge >= 0.3 is 0 Å². The first-order valence-electron chi connectivity index (χ1n) is 9.46. The summed E-state index contributed by atoms with van der Waals surface area (Å²) in [6, 6.07) is 4.16. The van der Waals surface area contributed by atoms with Gasteiger partial charge in [-0.2, -0.15) is 17.0 Å². The molecule has 0 amide bonds. The highest BCUT2D eigenvalue weighted by atomic mass is 32.2. The van der Waals surface area contributed by atoms with Crippen LogP contribution in [-0.4, -0.2) is 61.2 Å². The number of likely N-dealkylation sites (N-methyl/N-ethyl adjacent to an activating group) is 1. The van der Waals surface area contributed by atoms with E-state index in [1.165, 1.54) is 6.42 Å². The first kappa shape index (κ1) is 20.8. The Bertz CT molecular complexity index is 579. The zero-order valence-corrected chi connectivity index (χ0v) is 17.5. The molecule has 144 valence electrons. The molecule has 1 aliphatic rings. The summed E-state index contributed by atoms with van der Waals surface area (Å²) in [4.78, 5) is 3.37. The van der Waals surface area contributed by atoms with E-state index in [1.54, 1.807) is 27.0 Å². The van der Waals surface area contributed by atoms with Crippen LogP contribution in [0.15, 0.2) is 17.5 Å². The van der Waals surface area contributed by atoms with Gasteiger partial charge in [0.2, 0.25) is 0 Å². The quantitative estimate of drug-likeness (QED) is 0.618. The van der Waals surface area contributed by atoms with Crippen LogP contribution in [-0.2, 0) is 16.8 Å². The second kappa shape index (κ2) is 10.0. The van der Waals surface area contributed by atoms with E-state index in [2.05, 4.69) is 18.7 Å². The SMILES string of the molecule is CCN(CC)CCN(Cc1cccs1)S(=O)(=O)N(C)C1CCCCC1. The summed E-state index contributed by atoms with van der Waals surface area (Å²) in [7, 11) is -1.67. The predicted octanol–water partition coefficient (Wildman–Crippen LogP) is 3.40. The minimum absolute atomic E-state index is 0.151. The Morgan fingerprint density at radius 1 is 1.12 bits per heavy atom. The van der Waals surface area contributed by atoms with E-state index in [0.717, 1.165) is 50.2 Å². The van der Waals surface area contributed by atoms with E-state index in [-0.39, 0.29) is 6.04 Å². The molecule has 7 heteroatoms. The summed E-state index contributed by atoms with van der Waals surface area (Å²) in [5, 5.41) is 2.01. The summed E-state index contributed by atoms with van der Waals surface area (Å²) in [5.74, 6) is 0. The molecule has 1 aromatic rings. The Morgan fingerprint density at radius 3 is 2.36 bits per heavy atom. The smallest absolute Gasteiger partial charge is 0.282 e. The summed E-state index contributed by atoms with van der Waals surface area (Å²) in [6.07, 6.45) is 5.46. The maximum Gasteiger partial charge on any atom is 0.282 e. The van der Waals surface area contributed by atoms with Crippen molar-refractivity contribution in [2.24, 2.45) is 0 Å². The molecule has 1 saturated carbocycles. The van der Waals surface area contributed by atoms with E-state index in [1.807, 2.05) is 17.5 Å². The molecule has 0 atom stereocenters. The normalized spacial score (nSPS) is 17.0. The lowest BCUT2D eigenvalue weighted by Crippen LogP contribution is -2.48. The third-order valence-electron chi connectivity index (χ3n) is 5.25. The average molecular weight is 388 g/mol. The topological polar surface area (TPSA) is 43.9 Å². The van der Waals surface area contributed by atoms with Crippen LogP contribution in [0, 0.1) is 0 Å². The molecule has 0 unspecified atom stereocenters. The molecule has 0 spiro atoms. The molecule has 2 rings (SSSR count). The van der Waals surface area contributed by atoms with Crippen LogP contribution in [0.5, 0.6) is 0 Å². The van der Waals surface area contributed by atoms with Crippen LogP contribution in [0.25, 0.3) is 0 Å². The highest BCUT2D eigenvalue weighted by Gasteiger charge is 2.33. The van der Waals surface area contributed by atoms with Crippen molar-refractivity contribution in [2.75, 3.05) is 33.2 Å². The Hall–Kier alpha value is -0.470. The molecular weight excluding hydrogens is 354 g/mol. The van der Waals surface area contributed by atoms with Crippen LogP contribution < -0.4 is 0 Å². The standard InChI is InChI=1S/C18H33N3O2S2/c1-4-20(5-2)13-14-21(16-18-12-9-15-24-18)25(22,23)19(3)17-10-7-6-8-11-17/h9,12,15,17H,4-8,10-11,13-14,16H2,1-3H3. The van der Waals surface area contributed by atoms with Gasteiger partial charge in [-0.25, -0.2) is 0 Å². The summed E-state index contributed by atoms with van der Waals surface area (Å²) < 4.78 is 29.9. The fourth-order valence-electron chi connectivity index (χ4n) is 3.46. The second-order valence-electron chi connectivity index (χ2n) is 6.76. The van der Waals surface area contributed by atoms with Crippen LogP contribution in [0.2, 0.25) is 0 Å². The second-order valence-corrected chi connectivity index (χ2v) is 9.78. The first-order chi connectivity index (χ1) is 12.0. The summed E-state index contributed by atoms with van der Waals surface area (Å²) in [6.45, 7) is 7.92. The largest absolute Gasteiger partial charge is 0.303 e. The average Bonchev–Trinajstić information content (AvgIpc) is 3.14. The van der Waals surface area contributed by atoms with E-state index in [9.17, 15) is 8.42 Å². The van der Waals surface area contributed by atoms with Crippen molar-refractivity contribution in [1.29, 1.82) is 0 Å². The fourth-order valence-corrected chi connectivity index (χ4v) is 5.83. The van der Waals surface area contributed by atoms with E-state index < -0.39 is 10.2 Å². The van der Waals surface area contributed by atoms with Crippen molar-refractivity contribution in [3.8, 4) is 0 Å². The molecular formula is C18H33N3O2S2. The molecule has 0 bridgehead atoms. The van der Waals surface area contributed by atoms with Gasteiger partial charge in [0.25, 0.3) is 10.2 Å². The lowest BCUT2D eigenvalue weighted by atomic mass is 9.96. The van der Waals surface area contributed by atoms with Crippen LogP contribution in [0.1, 0.15) is 50.8 Å². The maximum atomic E-state index is 13.3. The fraction of sp³-hybridized carbons (Fsp3) is 0.778. The zero-order chi connectivity index (χ0) is 18.3. The summed E-state index contributed by atoms with van der Waals surface area (Å²) in [5.41, 5.74) is 0. The molecule has 0 saturated heterocycles. The summed E-state index contributed by atoms with van der Waals surface area (Å²) >= 11 is 1.62. The highest BCUT2D eigenvalue weighted by molar-refractivity contribution is 7.86. The van der Waals surface area contributed by atoms with Crippen molar-refractivity contribution in [2.45, 2.75) is 58.5 Å². The van der Waals surface area contributed by atoms with Gasteiger partial charge in [-0.3, -0.25) is 0 Å². The molecule has 25 heavy (non-hydrogen) atoms. The lowest BCUT2D eigenvalue weighted by Gasteiger charge is -2.35. The minimum Gasteiger partial charge on any atom is -0.303 e. The molecule has 0 N–H and O–H groups in total. The van der Waals surface area contributed by atoms with Crippen LogP contribution in [0.3, 0.4) is 0 Å². The lowest BCUT2D eigenvalue weighted by molar-refractivity contribution is 0.239. The minimum atomic E-state index is -3.44. The van der Waals surface area contributed by atoms with Crippen molar-refractivity contribution >= 4 is 21.5 Å². The predicted molar refractivity (Wildman–Crippen MR) is 106 cm³/mol. The third kappa shape index (κ3) is 5.76. The Balaban J connectivity index is 2.13. The number of hydrogen-bond acceptors (Lipinski definition) is 4. The maximum absolute atomic E-state index is 13.3. The monoisotopic (exact) mass is 387 g/mol. The van der Waals surface area contributed by atoms with Crippen molar-refractivity contribution in [3.05, 3.63) is 22.4 Å². The third-order valence-corrected chi connectivity index (χ3v) is 8.10. The number of hydrogen-bond donors (Lipinski definition) is 0. The highest BCUT2D eigenvalue weighted by Crippen LogP contribution is 2.26. The van der Waals surface area contributed by atoms with Gasteiger partial charge in [-0.05, 0) is 37.4 Å². The van der Waals surface area contributed by atoms with Gasteiger partial charge in [-0.1, -0.05) is 39.2 Å². The van der Waals surface area contributed by atoms with Gasteiger partial charge in [0.15, 0.2) is 0 Å². The number of rotatable bonds is 10. The van der Waals surface area contributed by atoms with Gasteiger partial charge in [0, 0.05) is 37.6 Å². The Morgan fingerprint density at radius 2 is 1.80 bits per heavy atom. The first-order valence-corrected chi connectivity index (χ1v) is 11.7. The van der Waals surface area contributed by atoms with E-state index >= 15 is 0 Å². The Kier molecular flexibility index (Phi) is 8.35. The molecule has 1 aliphatic carbocycles. The van der Waals surface area contributed by atoms with Crippen LogP contribution >= 0.6 is 11.3 Å². The molecule has 0 aliphatic heterocycles. The van der Waals surface area contributed by atoms with Gasteiger partial charge in [-0.15, -0.1) is 11.3 Å². The number of thiophene rings is 1. The van der Waals surface area contributed by atoms with Gasteiger partial charge < -0.3 is 4.90 Å². The molecule has 1 aromatic heterocycles. The van der Waals surface area contributed by atoms with Crippen molar-refractivity contribution < 1.29 is 8.42 Å². The molecule has 1 heterocycles.